The van der Waals surface area contributed by atoms with Gasteiger partial charge in [-0.3, -0.25) is 4.79 Å². The highest BCUT2D eigenvalue weighted by Gasteiger charge is 2.09. The number of amides is 1. The molecule has 0 aliphatic rings. The first-order valence-electron chi connectivity index (χ1n) is 6.47. The number of nitrogens with one attached hydrogen (secondary N) is 1. The lowest BCUT2D eigenvalue weighted by atomic mass is 10.1. The molecule has 0 heterocycles. The Morgan fingerprint density at radius 3 is 2.57 bits per heavy atom. The van der Waals surface area contributed by atoms with Crippen LogP contribution in [-0.4, -0.2) is 24.9 Å². The summed E-state index contributed by atoms with van der Waals surface area (Å²) in [6.07, 6.45) is 0. The van der Waals surface area contributed by atoms with Gasteiger partial charge in [0.1, 0.15) is 0 Å². The van der Waals surface area contributed by atoms with Crippen LogP contribution in [0.2, 0.25) is 0 Å². The molecule has 0 fully saturated rings. The molecule has 110 valence electrons. The molecule has 2 aromatic carbocycles. The summed E-state index contributed by atoms with van der Waals surface area (Å²) >= 11 is 0. The zero-order valence-electron chi connectivity index (χ0n) is 11.9. The van der Waals surface area contributed by atoms with E-state index in [0.717, 1.165) is 6.07 Å². The van der Waals surface area contributed by atoms with E-state index in [2.05, 4.69) is 5.32 Å². The van der Waals surface area contributed by atoms with Crippen LogP contribution in [-0.2, 0) is 6.54 Å². The van der Waals surface area contributed by atoms with Crippen molar-refractivity contribution in [3.05, 3.63) is 65.2 Å². The van der Waals surface area contributed by atoms with Crippen LogP contribution >= 0.6 is 0 Å². The van der Waals surface area contributed by atoms with Crippen molar-refractivity contribution in [1.82, 2.24) is 4.90 Å². The summed E-state index contributed by atoms with van der Waals surface area (Å²) in [6, 6.07) is 10.9. The molecule has 2 rings (SSSR count). The molecule has 1 amide bonds. The number of halogens is 2. The molecule has 21 heavy (non-hydrogen) atoms. The normalized spacial score (nSPS) is 10.3. The van der Waals surface area contributed by atoms with Crippen LogP contribution in [0.3, 0.4) is 0 Å². The molecule has 0 radical (unpaired) electrons. The zero-order valence-corrected chi connectivity index (χ0v) is 11.9. The largest absolute Gasteiger partial charge is 0.381 e. The Morgan fingerprint density at radius 1 is 1.14 bits per heavy atom. The van der Waals surface area contributed by atoms with E-state index in [-0.39, 0.29) is 18.0 Å². The average Bonchev–Trinajstić information content (AvgIpc) is 2.48. The third-order valence-corrected chi connectivity index (χ3v) is 3.03. The second-order valence-electron chi connectivity index (χ2n) is 4.85. The Bertz CT molecular complexity index is 656. The van der Waals surface area contributed by atoms with Gasteiger partial charge in [-0.2, -0.15) is 0 Å². The van der Waals surface area contributed by atoms with Crippen LogP contribution in [0.5, 0.6) is 0 Å². The van der Waals surface area contributed by atoms with Crippen molar-refractivity contribution >= 4 is 11.6 Å². The molecule has 0 aromatic heterocycles. The SMILES string of the molecule is CN(C)C(=O)c1cccc(NCc2cccc(F)c2F)c1. The molecule has 0 unspecified atom stereocenters. The van der Waals surface area contributed by atoms with E-state index in [1.807, 2.05) is 0 Å². The van der Waals surface area contributed by atoms with Crippen molar-refractivity contribution in [2.24, 2.45) is 0 Å². The van der Waals surface area contributed by atoms with E-state index in [0.29, 0.717) is 11.3 Å². The number of nitrogens with zero attached hydrogens (tertiary/aromatic N) is 1. The molecule has 0 aliphatic carbocycles. The fourth-order valence-electron chi connectivity index (χ4n) is 1.90. The monoisotopic (exact) mass is 290 g/mol. The number of carbonyl (C=O) groups is 1. The maximum Gasteiger partial charge on any atom is 0.253 e. The summed E-state index contributed by atoms with van der Waals surface area (Å²) < 4.78 is 26.7. The summed E-state index contributed by atoms with van der Waals surface area (Å²) in [5.74, 6) is -1.84. The summed E-state index contributed by atoms with van der Waals surface area (Å²) in [7, 11) is 3.34. The van der Waals surface area contributed by atoms with Gasteiger partial charge in [0.25, 0.3) is 5.91 Å². The summed E-state index contributed by atoms with van der Waals surface area (Å²) in [4.78, 5) is 13.3. The van der Waals surface area contributed by atoms with Gasteiger partial charge in [0.05, 0.1) is 0 Å². The lowest BCUT2D eigenvalue weighted by molar-refractivity contribution is 0.0827. The second-order valence-corrected chi connectivity index (χ2v) is 4.85. The number of benzene rings is 2. The zero-order chi connectivity index (χ0) is 15.4. The minimum atomic E-state index is -0.870. The number of carbonyl (C=O) groups excluding carboxylic acids is 1. The number of hydrogen-bond donors (Lipinski definition) is 1. The van der Waals surface area contributed by atoms with Crippen molar-refractivity contribution in [3.63, 3.8) is 0 Å². The maximum atomic E-state index is 13.5. The molecule has 0 atom stereocenters. The molecule has 2 aromatic rings. The number of rotatable bonds is 4. The highest BCUT2D eigenvalue weighted by Crippen LogP contribution is 2.16. The van der Waals surface area contributed by atoms with E-state index in [1.54, 1.807) is 38.4 Å². The third-order valence-electron chi connectivity index (χ3n) is 3.03. The van der Waals surface area contributed by atoms with Gasteiger partial charge < -0.3 is 10.2 Å². The molecule has 0 saturated heterocycles. The smallest absolute Gasteiger partial charge is 0.253 e. The Labute approximate surface area is 122 Å². The van der Waals surface area contributed by atoms with E-state index in [4.69, 9.17) is 0 Å². The highest BCUT2D eigenvalue weighted by molar-refractivity contribution is 5.94. The Kier molecular flexibility index (Phi) is 4.52. The fraction of sp³-hybridized carbons (Fsp3) is 0.188. The van der Waals surface area contributed by atoms with Crippen LogP contribution in [0.25, 0.3) is 0 Å². The molecule has 1 N–H and O–H groups in total. The third kappa shape index (κ3) is 3.56. The Hall–Kier alpha value is -2.43. The van der Waals surface area contributed by atoms with Crippen LogP contribution in [0.4, 0.5) is 14.5 Å². The van der Waals surface area contributed by atoms with Gasteiger partial charge in [0, 0.05) is 37.5 Å². The second kappa shape index (κ2) is 6.35. The summed E-state index contributed by atoms with van der Waals surface area (Å²) in [5, 5.41) is 2.99. The number of hydrogen-bond acceptors (Lipinski definition) is 2. The van der Waals surface area contributed by atoms with Crippen molar-refractivity contribution in [2.75, 3.05) is 19.4 Å². The predicted octanol–water partition coefficient (Wildman–Crippen LogP) is 3.28. The van der Waals surface area contributed by atoms with Crippen molar-refractivity contribution in [1.29, 1.82) is 0 Å². The Balaban J connectivity index is 2.12. The standard InChI is InChI=1S/C16H16F2N2O/c1-20(2)16(21)11-5-3-7-13(9-11)19-10-12-6-4-8-14(17)15(12)18/h3-9,19H,10H2,1-2H3. The van der Waals surface area contributed by atoms with Crippen molar-refractivity contribution in [3.8, 4) is 0 Å². The van der Waals surface area contributed by atoms with Gasteiger partial charge in [0.15, 0.2) is 11.6 Å². The molecular weight excluding hydrogens is 274 g/mol. The first kappa shape index (κ1) is 15.0. The van der Waals surface area contributed by atoms with Crippen molar-refractivity contribution < 1.29 is 13.6 Å². The van der Waals surface area contributed by atoms with Crippen LogP contribution < -0.4 is 5.32 Å². The van der Waals surface area contributed by atoms with Crippen LogP contribution in [0.15, 0.2) is 42.5 Å². The topological polar surface area (TPSA) is 32.3 Å². The lowest BCUT2D eigenvalue weighted by Gasteiger charge is -2.12. The van der Waals surface area contributed by atoms with Gasteiger partial charge in [-0.25, -0.2) is 8.78 Å². The lowest BCUT2D eigenvalue weighted by Crippen LogP contribution is -2.21. The van der Waals surface area contributed by atoms with Gasteiger partial charge in [-0.1, -0.05) is 18.2 Å². The quantitative estimate of drug-likeness (QED) is 0.937. The van der Waals surface area contributed by atoms with Gasteiger partial charge in [-0.05, 0) is 24.3 Å². The molecule has 3 nitrogen and oxygen atoms in total. The van der Waals surface area contributed by atoms with Crippen molar-refractivity contribution in [2.45, 2.75) is 6.54 Å². The molecule has 0 bridgehead atoms. The molecule has 0 aliphatic heterocycles. The molecular formula is C16H16F2N2O. The highest BCUT2D eigenvalue weighted by atomic mass is 19.2. The average molecular weight is 290 g/mol. The van der Waals surface area contributed by atoms with E-state index < -0.39 is 11.6 Å². The Morgan fingerprint density at radius 2 is 1.86 bits per heavy atom. The predicted molar refractivity (Wildman–Crippen MR) is 78.1 cm³/mol. The first-order chi connectivity index (χ1) is 9.99. The summed E-state index contributed by atoms with van der Waals surface area (Å²) in [6.45, 7) is 0.142. The van der Waals surface area contributed by atoms with E-state index >= 15 is 0 Å². The molecule has 0 spiro atoms. The van der Waals surface area contributed by atoms with E-state index in [1.165, 1.54) is 17.0 Å². The fourth-order valence-corrected chi connectivity index (χ4v) is 1.90. The van der Waals surface area contributed by atoms with E-state index in [9.17, 15) is 13.6 Å². The van der Waals surface area contributed by atoms with Crippen LogP contribution in [0, 0.1) is 11.6 Å². The maximum absolute atomic E-state index is 13.5. The van der Waals surface area contributed by atoms with Gasteiger partial charge in [-0.15, -0.1) is 0 Å². The van der Waals surface area contributed by atoms with Gasteiger partial charge >= 0.3 is 0 Å². The molecule has 0 saturated carbocycles. The van der Waals surface area contributed by atoms with Crippen LogP contribution in [0.1, 0.15) is 15.9 Å². The minimum absolute atomic E-state index is 0.115. The summed E-state index contributed by atoms with van der Waals surface area (Å²) in [5.41, 5.74) is 1.44. The number of anilines is 1. The minimum Gasteiger partial charge on any atom is -0.381 e. The van der Waals surface area contributed by atoms with Gasteiger partial charge in [0.2, 0.25) is 0 Å². The first-order valence-corrected chi connectivity index (χ1v) is 6.47. The molecule has 5 heteroatoms.